The number of para-hydroxylation sites is 3. The lowest BCUT2D eigenvalue weighted by atomic mass is 9.71. The third-order valence-electron chi connectivity index (χ3n) is 10.6. The standard InChI is InChI=1S/C45H47N3O/c1-27(2)37-25-33(31-18-16-30(17-19-31)32-21-23-45(6,7)24-22-32)26-38(28(3)4)41(37)48-40-14-9-8-13-39(40)47-43(48)36-12-10-11-34-35-20-15-29(5)46-44(35)49-42(34)36/h8-20,25-28,32H,21-24H2,1-7H3/i5D3,32D. The van der Waals surface area contributed by atoms with Gasteiger partial charge in [-0.25, -0.2) is 9.97 Å². The van der Waals surface area contributed by atoms with E-state index in [9.17, 15) is 1.37 Å². The summed E-state index contributed by atoms with van der Waals surface area (Å²) in [5.41, 5.74) is 10.9. The third-order valence-corrected chi connectivity index (χ3v) is 10.6. The molecule has 3 heterocycles. The van der Waals surface area contributed by atoms with Crippen molar-refractivity contribution in [2.75, 3.05) is 0 Å². The van der Waals surface area contributed by atoms with Crippen molar-refractivity contribution in [3.05, 3.63) is 113 Å². The van der Waals surface area contributed by atoms with Gasteiger partial charge in [0, 0.05) is 21.9 Å². The van der Waals surface area contributed by atoms with Gasteiger partial charge in [-0.15, -0.1) is 0 Å². The maximum atomic E-state index is 9.33. The van der Waals surface area contributed by atoms with Gasteiger partial charge in [0.05, 0.1) is 22.3 Å². The van der Waals surface area contributed by atoms with Gasteiger partial charge in [0.25, 0.3) is 0 Å². The zero-order valence-electron chi connectivity index (χ0n) is 33.4. The Morgan fingerprint density at radius 3 is 2.20 bits per heavy atom. The highest BCUT2D eigenvalue weighted by atomic mass is 16.3. The third kappa shape index (κ3) is 5.56. The number of benzene rings is 4. The van der Waals surface area contributed by atoms with Gasteiger partial charge in [-0.1, -0.05) is 90.1 Å². The molecule has 3 aromatic heterocycles. The number of imidazole rings is 1. The van der Waals surface area contributed by atoms with E-state index in [4.69, 9.17) is 13.5 Å². The van der Waals surface area contributed by atoms with Crippen molar-refractivity contribution in [3.63, 3.8) is 0 Å². The van der Waals surface area contributed by atoms with Gasteiger partial charge in [0.2, 0.25) is 5.71 Å². The Hall–Kier alpha value is -4.70. The zero-order valence-corrected chi connectivity index (χ0v) is 29.4. The predicted octanol–water partition coefficient (Wildman–Crippen LogP) is 12.9. The summed E-state index contributed by atoms with van der Waals surface area (Å²) in [5.74, 6) is 0.619. The molecule has 0 spiro atoms. The molecule has 1 saturated carbocycles. The van der Waals surface area contributed by atoms with E-state index in [1.165, 1.54) is 11.1 Å². The molecule has 0 N–H and O–H groups in total. The number of aromatic nitrogens is 3. The van der Waals surface area contributed by atoms with Gasteiger partial charge in [-0.05, 0) is 126 Å². The summed E-state index contributed by atoms with van der Waals surface area (Å²) >= 11 is 0. The fourth-order valence-corrected chi connectivity index (χ4v) is 7.69. The summed E-state index contributed by atoms with van der Waals surface area (Å²) in [7, 11) is 0. The zero-order chi connectivity index (χ0) is 37.4. The molecule has 7 aromatic rings. The normalized spacial score (nSPS) is 17.5. The van der Waals surface area contributed by atoms with E-state index in [0.29, 0.717) is 16.7 Å². The van der Waals surface area contributed by atoms with E-state index in [2.05, 4.69) is 99.6 Å². The van der Waals surface area contributed by atoms with Crippen LogP contribution in [0, 0.1) is 12.3 Å². The second-order valence-corrected chi connectivity index (χ2v) is 15.3. The number of furan rings is 1. The van der Waals surface area contributed by atoms with Crippen LogP contribution in [0.15, 0.2) is 95.4 Å². The van der Waals surface area contributed by atoms with Gasteiger partial charge < -0.3 is 4.42 Å². The van der Waals surface area contributed by atoms with E-state index in [-0.39, 0.29) is 17.5 Å². The topological polar surface area (TPSA) is 43.9 Å². The average Bonchev–Trinajstić information content (AvgIpc) is 3.70. The van der Waals surface area contributed by atoms with Gasteiger partial charge in [0.15, 0.2) is 0 Å². The van der Waals surface area contributed by atoms with Crippen molar-refractivity contribution >= 4 is 33.1 Å². The number of fused-ring (bicyclic) bond motifs is 4. The van der Waals surface area contributed by atoms with Crippen molar-refractivity contribution in [3.8, 4) is 28.2 Å². The lowest BCUT2D eigenvalue weighted by Crippen LogP contribution is -2.20. The Kier molecular flexibility index (Phi) is 6.66. The summed E-state index contributed by atoms with van der Waals surface area (Å²) < 4.78 is 41.8. The van der Waals surface area contributed by atoms with E-state index >= 15 is 0 Å². The molecular weight excluding hydrogens is 599 g/mol. The summed E-state index contributed by atoms with van der Waals surface area (Å²) in [6.45, 7) is 11.3. The van der Waals surface area contributed by atoms with Crippen LogP contribution >= 0.6 is 0 Å². The summed E-state index contributed by atoms with van der Waals surface area (Å²) in [6, 6.07) is 31.1. The SMILES string of the molecule is [2H]C([2H])([2H])c1ccc2c(n1)oc1c(-c3nc4ccccc4n3-c3c(C(C)C)cc(-c4ccc(C5([2H])CCC(C)(C)CC5)cc4)cc3C(C)C)cccc12. The van der Waals surface area contributed by atoms with E-state index in [1.807, 2.05) is 30.3 Å². The number of pyridine rings is 1. The Balaban J connectivity index is 1.31. The maximum absolute atomic E-state index is 9.33. The first-order valence-electron chi connectivity index (χ1n) is 19.7. The summed E-state index contributed by atoms with van der Waals surface area (Å²) in [5, 5.41) is 1.63. The molecule has 0 bridgehead atoms. The molecular formula is C45H47N3O. The van der Waals surface area contributed by atoms with Crippen LogP contribution in [-0.2, 0) is 0 Å². The van der Waals surface area contributed by atoms with E-state index in [0.717, 1.165) is 81.3 Å². The Morgan fingerprint density at radius 1 is 0.796 bits per heavy atom. The fraction of sp³-hybridized carbons (Fsp3) is 0.333. The molecule has 0 aliphatic heterocycles. The number of hydrogen-bond acceptors (Lipinski definition) is 3. The molecule has 1 aliphatic rings. The molecule has 4 aromatic carbocycles. The van der Waals surface area contributed by atoms with Crippen LogP contribution in [0.5, 0.6) is 0 Å². The lowest BCUT2D eigenvalue weighted by Gasteiger charge is -2.34. The maximum Gasteiger partial charge on any atom is 0.227 e. The molecule has 4 nitrogen and oxygen atoms in total. The first-order valence-corrected chi connectivity index (χ1v) is 17.7. The van der Waals surface area contributed by atoms with Crippen LogP contribution < -0.4 is 0 Å². The van der Waals surface area contributed by atoms with Crippen LogP contribution in [-0.4, -0.2) is 14.5 Å². The van der Waals surface area contributed by atoms with Gasteiger partial charge in [-0.2, -0.15) is 0 Å². The molecule has 0 unspecified atom stereocenters. The highest BCUT2D eigenvalue weighted by Crippen LogP contribution is 2.44. The molecule has 4 heteroatoms. The van der Waals surface area contributed by atoms with Gasteiger partial charge >= 0.3 is 0 Å². The van der Waals surface area contributed by atoms with Crippen molar-refractivity contribution in [2.45, 2.75) is 91.8 Å². The molecule has 8 rings (SSSR count). The van der Waals surface area contributed by atoms with Gasteiger partial charge in [-0.3, -0.25) is 4.57 Å². The molecule has 1 aliphatic carbocycles. The molecule has 49 heavy (non-hydrogen) atoms. The van der Waals surface area contributed by atoms with Gasteiger partial charge in [0.1, 0.15) is 11.4 Å². The quantitative estimate of drug-likeness (QED) is 0.180. The van der Waals surface area contributed by atoms with Crippen LogP contribution in [0.2, 0.25) is 0 Å². The number of aryl methyl sites for hydroxylation is 1. The second-order valence-electron chi connectivity index (χ2n) is 15.3. The largest absolute Gasteiger partial charge is 0.437 e. The lowest BCUT2D eigenvalue weighted by molar-refractivity contribution is 0.224. The van der Waals surface area contributed by atoms with Crippen molar-refractivity contribution in [2.24, 2.45) is 5.41 Å². The Labute approximate surface area is 295 Å². The number of hydrogen-bond donors (Lipinski definition) is 0. The molecule has 0 radical (unpaired) electrons. The second kappa shape index (κ2) is 12.0. The van der Waals surface area contributed by atoms with Crippen LogP contribution in [0.1, 0.15) is 113 Å². The molecule has 1 fully saturated rings. The molecule has 0 atom stereocenters. The minimum Gasteiger partial charge on any atom is -0.437 e. The van der Waals surface area contributed by atoms with Crippen LogP contribution in [0.25, 0.3) is 61.3 Å². The fourth-order valence-electron chi connectivity index (χ4n) is 7.69. The highest BCUT2D eigenvalue weighted by Gasteiger charge is 2.28. The summed E-state index contributed by atoms with van der Waals surface area (Å²) in [4.78, 5) is 9.69. The van der Waals surface area contributed by atoms with Crippen molar-refractivity contribution in [1.82, 2.24) is 14.5 Å². The van der Waals surface area contributed by atoms with Crippen LogP contribution in [0.4, 0.5) is 0 Å². The first-order chi connectivity index (χ1) is 25.1. The monoisotopic (exact) mass is 649 g/mol. The Morgan fingerprint density at radius 2 is 1.51 bits per heavy atom. The Bertz CT molecular complexity index is 2460. The van der Waals surface area contributed by atoms with Crippen molar-refractivity contribution < 1.29 is 9.90 Å². The highest BCUT2D eigenvalue weighted by molar-refractivity contribution is 6.08. The van der Waals surface area contributed by atoms with E-state index < -0.39 is 12.7 Å². The smallest absolute Gasteiger partial charge is 0.227 e. The predicted molar refractivity (Wildman–Crippen MR) is 205 cm³/mol. The molecule has 248 valence electrons. The van der Waals surface area contributed by atoms with E-state index in [1.54, 1.807) is 12.1 Å². The van der Waals surface area contributed by atoms with Crippen molar-refractivity contribution in [1.29, 1.82) is 0 Å². The number of rotatable bonds is 6. The minimum absolute atomic E-state index is 0.00736. The average molecular weight is 650 g/mol. The minimum atomic E-state index is -2.34. The molecule has 0 amide bonds. The molecule has 0 saturated heterocycles. The summed E-state index contributed by atoms with van der Waals surface area (Å²) in [6.07, 6.45) is 3.94. The number of nitrogens with zero attached hydrogens (tertiary/aromatic N) is 3. The first kappa shape index (κ1) is 27.2. The van der Waals surface area contributed by atoms with Crippen LogP contribution in [0.3, 0.4) is 0 Å².